The molecule has 19 heavy (non-hydrogen) atoms. The molecule has 0 unspecified atom stereocenters. The third-order valence-corrected chi connectivity index (χ3v) is 3.83. The van der Waals surface area contributed by atoms with Crippen LogP contribution in [0.25, 0.3) is 0 Å². The van der Waals surface area contributed by atoms with Crippen molar-refractivity contribution < 1.29 is 4.42 Å². The van der Waals surface area contributed by atoms with E-state index in [0.29, 0.717) is 5.41 Å². The Hall–Kier alpha value is -1.06. The second-order valence-corrected chi connectivity index (χ2v) is 6.36. The van der Waals surface area contributed by atoms with Crippen LogP contribution in [0.4, 0.5) is 0 Å². The van der Waals surface area contributed by atoms with Crippen molar-refractivity contribution >= 4 is 0 Å². The lowest BCUT2D eigenvalue weighted by Crippen LogP contribution is -2.31. The van der Waals surface area contributed by atoms with Gasteiger partial charge in [-0.15, -0.1) is 0 Å². The molecule has 2 heterocycles. The summed E-state index contributed by atoms with van der Waals surface area (Å²) in [6, 6.07) is 2.09. The molecule has 0 aromatic carbocycles. The molecule has 0 saturated carbocycles. The Balaban J connectivity index is 1.95. The molecule has 0 radical (unpaired) electrons. The van der Waals surface area contributed by atoms with Gasteiger partial charge < -0.3 is 9.73 Å². The van der Waals surface area contributed by atoms with Crippen molar-refractivity contribution in [1.29, 1.82) is 0 Å². The van der Waals surface area contributed by atoms with E-state index in [0.717, 1.165) is 31.9 Å². The monoisotopic (exact) mass is 262 g/mol. The molecule has 1 aliphatic heterocycles. The molecule has 1 aromatic heterocycles. The molecular weight excluding hydrogens is 236 g/mol. The summed E-state index contributed by atoms with van der Waals surface area (Å²) in [4.78, 5) is 2.49. The molecule has 3 nitrogen and oxygen atoms in total. The fraction of sp³-hybridized carbons (Fsp3) is 0.625. The Morgan fingerprint density at radius 3 is 2.74 bits per heavy atom. The van der Waals surface area contributed by atoms with Gasteiger partial charge in [0.1, 0.15) is 5.76 Å². The molecule has 0 atom stereocenters. The first-order chi connectivity index (χ1) is 9.00. The summed E-state index contributed by atoms with van der Waals surface area (Å²) in [5.74, 6) is 1.06. The zero-order chi connectivity index (χ0) is 13.9. The lowest BCUT2D eigenvalue weighted by molar-refractivity contribution is 0.269. The molecule has 1 aliphatic rings. The molecule has 3 heteroatoms. The van der Waals surface area contributed by atoms with Crippen LogP contribution in [0.3, 0.4) is 0 Å². The van der Waals surface area contributed by atoms with E-state index >= 15 is 0 Å². The summed E-state index contributed by atoms with van der Waals surface area (Å²) in [7, 11) is 1.95. The number of hydrogen-bond acceptors (Lipinski definition) is 3. The van der Waals surface area contributed by atoms with Gasteiger partial charge in [0.05, 0.1) is 12.8 Å². The van der Waals surface area contributed by atoms with Crippen LogP contribution in [0.1, 0.15) is 38.5 Å². The number of nitrogens with zero attached hydrogens (tertiary/aromatic N) is 1. The standard InChI is InChI=1S/C16H26N2O/c1-16(2,3)14-5-8-18(9-6-14)12-13-7-10-19-15(13)11-17-4/h5,7,10,17H,6,8-9,11-12H2,1-4H3. The molecule has 0 bridgehead atoms. The van der Waals surface area contributed by atoms with Crippen molar-refractivity contribution in [3.63, 3.8) is 0 Å². The first-order valence-electron chi connectivity index (χ1n) is 7.12. The molecule has 106 valence electrons. The normalized spacial score (nSPS) is 17.6. The van der Waals surface area contributed by atoms with Gasteiger partial charge in [0.15, 0.2) is 0 Å². The van der Waals surface area contributed by atoms with Crippen LogP contribution in [0, 0.1) is 5.41 Å². The highest BCUT2D eigenvalue weighted by Crippen LogP contribution is 2.30. The van der Waals surface area contributed by atoms with Crippen LogP contribution in [0.2, 0.25) is 0 Å². The van der Waals surface area contributed by atoms with E-state index < -0.39 is 0 Å². The minimum Gasteiger partial charge on any atom is -0.468 e. The smallest absolute Gasteiger partial charge is 0.122 e. The van der Waals surface area contributed by atoms with E-state index in [2.05, 4.69) is 43.1 Å². The van der Waals surface area contributed by atoms with Crippen molar-refractivity contribution in [3.05, 3.63) is 35.3 Å². The summed E-state index contributed by atoms with van der Waals surface area (Å²) < 4.78 is 5.52. The Morgan fingerprint density at radius 1 is 1.37 bits per heavy atom. The van der Waals surface area contributed by atoms with Crippen molar-refractivity contribution in [3.8, 4) is 0 Å². The molecule has 1 aromatic rings. The zero-order valence-electron chi connectivity index (χ0n) is 12.6. The van der Waals surface area contributed by atoms with E-state index in [1.165, 1.54) is 12.0 Å². The van der Waals surface area contributed by atoms with Gasteiger partial charge in [-0.3, -0.25) is 4.90 Å². The highest BCUT2D eigenvalue weighted by molar-refractivity contribution is 5.19. The molecule has 1 N–H and O–H groups in total. The number of nitrogens with one attached hydrogen (secondary N) is 1. The van der Waals surface area contributed by atoms with Gasteiger partial charge in [-0.05, 0) is 24.9 Å². The summed E-state index contributed by atoms with van der Waals surface area (Å²) in [6.45, 7) is 10.9. The third kappa shape index (κ3) is 3.71. The molecule has 0 aliphatic carbocycles. The predicted molar refractivity (Wildman–Crippen MR) is 78.9 cm³/mol. The predicted octanol–water partition coefficient (Wildman–Crippen LogP) is 3.18. The van der Waals surface area contributed by atoms with Crippen LogP contribution < -0.4 is 5.32 Å². The fourth-order valence-electron chi connectivity index (χ4n) is 2.60. The number of hydrogen-bond donors (Lipinski definition) is 1. The summed E-state index contributed by atoms with van der Waals surface area (Å²) >= 11 is 0. The van der Waals surface area contributed by atoms with E-state index in [9.17, 15) is 0 Å². The number of furan rings is 1. The topological polar surface area (TPSA) is 28.4 Å². The van der Waals surface area contributed by atoms with Crippen molar-refractivity contribution in [1.82, 2.24) is 10.2 Å². The average Bonchev–Trinajstić information content (AvgIpc) is 2.77. The maximum atomic E-state index is 5.52. The van der Waals surface area contributed by atoms with Crippen LogP contribution in [0.5, 0.6) is 0 Å². The van der Waals surface area contributed by atoms with E-state index in [1.54, 1.807) is 11.8 Å². The Morgan fingerprint density at radius 2 is 2.16 bits per heavy atom. The summed E-state index contributed by atoms with van der Waals surface area (Å²) in [6.07, 6.45) is 5.38. The van der Waals surface area contributed by atoms with Gasteiger partial charge in [-0.1, -0.05) is 32.4 Å². The first kappa shape index (κ1) is 14.4. The average molecular weight is 262 g/mol. The van der Waals surface area contributed by atoms with Crippen LogP contribution in [-0.4, -0.2) is 25.0 Å². The molecule has 0 saturated heterocycles. The summed E-state index contributed by atoms with van der Waals surface area (Å²) in [5, 5.41) is 3.15. The lowest BCUT2D eigenvalue weighted by Gasteiger charge is -2.32. The Kier molecular flexibility index (Phi) is 4.48. The van der Waals surface area contributed by atoms with Crippen molar-refractivity contribution in [2.45, 2.75) is 40.3 Å². The van der Waals surface area contributed by atoms with Gasteiger partial charge in [0.2, 0.25) is 0 Å². The largest absolute Gasteiger partial charge is 0.468 e. The molecular formula is C16H26N2O. The third-order valence-electron chi connectivity index (χ3n) is 3.83. The molecule has 0 amide bonds. The van der Waals surface area contributed by atoms with Gasteiger partial charge in [0.25, 0.3) is 0 Å². The number of rotatable bonds is 4. The molecule has 0 fully saturated rings. The summed E-state index contributed by atoms with van der Waals surface area (Å²) in [5.41, 5.74) is 3.22. The van der Waals surface area contributed by atoms with Gasteiger partial charge in [0, 0.05) is 25.2 Å². The minimum absolute atomic E-state index is 0.318. The van der Waals surface area contributed by atoms with Gasteiger partial charge in [-0.2, -0.15) is 0 Å². The lowest BCUT2D eigenvalue weighted by atomic mass is 9.83. The first-order valence-corrected chi connectivity index (χ1v) is 7.12. The van der Waals surface area contributed by atoms with Crippen LogP contribution in [-0.2, 0) is 13.1 Å². The SMILES string of the molecule is CNCc1occc1CN1CC=C(C(C)(C)C)CC1. The zero-order valence-corrected chi connectivity index (χ0v) is 12.6. The highest BCUT2D eigenvalue weighted by atomic mass is 16.3. The van der Waals surface area contributed by atoms with E-state index in [4.69, 9.17) is 4.42 Å². The van der Waals surface area contributed by atoms with Crippen molar-refractivity contribution in [2.24, 2.45) is 5.41 Å². The minimum atomic E-state index is 0.318. The molecule has 0 spiro atoms. The highest BCUT2D eigenvalue weighted by Gasteiger charge is 2.21. The maximum absolute atomic E-state index is 5.52. The van der Waals surface area contributed by atoms with E-state index in [-0.39, 0.29) is 0 Å². The quantitative estimate of drug-likeness (QED) is 0.845. The molecule has 2 rings (SSSR count). The van der Waals surface area contributed by atoms with Crippen LogP contribution >= 0.6 is 0 Å². The second kappa shape index (κ2) is 5.93. The Bertz CT molecular complexity index is 440. The van der Waals surface area contributed by atoms with Crippen molar-refractivity contribution in [2.75, 3.05) is 20.1 Å². The van der Waals surface area contributed by atoms with E-state index in [1.807, 2.05) is 7.05 Å². The second-order valence-electron chi connectivity index (χ2n) is 6.36. The van der Waals surface area contributed by atoms with Gasteiger partial charge in [-0.25, -0.2) is 0 Å². The van der Waals surface area contributed by atoms with Gasteiger partial charge >= 0.3 is 0 Å². The van der Waals surface area contributed by atoms with Crippen LogP contribution in [0.15, 0.2) is 28.4 Å². The Labute approximate surface area is 116 Å². The maximum Gasteiger partial charge on any atom is 0.122 e. The fourth-order valence-corrected chi connectivity index (χ4v) is 2.60.